The Labute approximate surface area is 149 Å². The van der Waals surface area contributed by atoms with Gasteiger partial charge in [-0.2, -0.15) is 9.57 Å². The fourth-order valence-electron chi connectivity index (χ4n) is 2.86. The molecular weight excluding hydrogens is 338 g/mol. The number of rotatable bonds is 5. The predicted octanol–water partition coefficient (Wildman–Crippen LogP) is 3.13. The van der Waals surface area contributed by atoms with Crippen molar-refractivity contribution in [1.82, 2.24) is 4.31 Å². The SMILES string of the molecule is CN(C1CCCCC1)S(=O)(=O)c1ccc(NC(=O)C(C)(C)C#N)cc1. The number of benzene rings is 1. The molecule has 1 amide bonds. The molecule has 1 N–H and O–H groups in total. The second-order valence-electron chi connectivity index (χ2n) is 7.03. The smallest absolute Gasteiger partial charge is 0.244 e. The number of carbonyl (C=O) groups is 1. The second kappa shape index (κ2) is 7.54. The van der Waals surface area contributed by atoms with Crippen LogP contribution in [-0.2, 0) is 14.8 Å². The van der Waals surface area contributed by atoms with E-state index in [0.717, 1.165) is 32.1 Å². The molecule has 0 heterocycles. The number of nitriles is 1. The predicted molar refractivity (Wildman–Crippen MR) is 96.3 cm³/mol. The summed E-state index contributed by atoms with van der Waals surface area (Å²) in [4.78, 5) is 12.2. The van der Waals surface area contributed by atoms with Gasteiger partial charge in [0.05, 0.1) is 11.0 Å². The molecule has 0 atom stereocenters. The minimum Gasteiger partial charge on any atom is -0.325 e. The molecule has 0 saturated heterocycles. The van der Waals surface area contributed by atoms with Crippen LogP contribution in [0.25, 0.3) is 0 Å². The van der Waals surface area contributed by atoms with Gasteiger partial charge in [0, 0.05) is 18.8 Å². The van der Waals surface area contributed by atoms with Crippen LogP contribution in [0, 0.1) is 16.7 Å². The molecule has 0 unspecified atom stereocenters. The number of anilines is 1. The Balaban J connectivity index is 2.13. The molecule has 6 nitrogen and oxygen atoms in total. The zero-order valence-electron chi connectivity index (χ0n) is 14.9. The zero-order valence-corrected chi connectivity index (χ0v) is 15.8. The average molecular weight is 363 g/mol. The third-order valence-electron chi connectivity index (χ3n) is 4.73. The van der Waals surface area contributed by atoms with Gasteiger partial charge in [0.25, 0.3) is 0 Å². The molecule has 0 spiro atoms. The molecule has 1 aromatic rings. The molecule has 0 aromatic heterocycles. The third-order valence-corrected chi connectivity index (χ3v) is 6.65. The highest BCUT2D eigenvalue weighted by Gasteiger charge is 2.30. The van der Waals surface area contributed by atoms with E-state index in [1.165, 1.54) is 30.3 Å². The Morgan fingerprint density at radius 2 is 1.76 bits per heavy atom. The summed E-state index contributed by atoms with van der Waals surface area (Å²) in [6.45, 7) is 3.06. The first-order chi connectivity index (χ1) is 11.7. The van der Waals surface area contributed by atoms with Crippen molar-refractivity contribution in [3.05, 3.63) is 24.3 Å². The molecule has 1 aliphatic carbocycles. The van der Waals surface area contributed by atoms with E-state index < -0.39 is 21.3 Å². The first-order valence-electron chi connectivity index (χ1n) is 8.49. The van der Waals surface area contributed by atoms with Gasteiger partial charge in [-0.3, -0.25) is 4.79 Å². The number of sulfonamides is 1. The summed E-state index contributed by atoms with van der Waals surface area (Å²) in [5.41, 5.74) is -0.682. The van der Waals surface area contributed by atoms with Gasteiger partial charge >= 0.3 is 0 Å². The highest BCUT2D eigenvalue weighted by atomic mass is 32.2. The van der Waals surface area contributed by atoms with Crippen molar-refractivity contribution in [3.8, 4) is 6.07 Å². The standard InChI is InChI=1S/C18H25N3O3S/c1-18(2,13-19)17(22)20-14-9-11-16(12-10-14)25(23,24)21(3)15-7-5-4-6-8-15/h9-12,15H,4-8H2,1-3H3,(H,20,22). The Morgan fingerprint density at radius 1 is 1.20 bits per heavy atom. The van der Waals surface area contributed by atoms with E-state index in [0.29, 0.717) is 5.69 Å². The molecule has 1 fully saturated rings. The van der Waals surface area contributed by atoms with E-state index >= 15 is 0 Å². The van der Waals surface area contributed by atoms with Crippen molar-refractivity contribution >= 4 is 21.6 Å². The Hall–Kier alpha value is -1.91. The van der Waals surface area contributed by atoms with Crippen LogP contribution in [0.5, 0.6) is 0 Å². The minimum atomic E-state index is -3.55. The largest absolute Gasteiger partial charge is 0.325 e. The van der Waals surface area contributed by atoms with Gasteiger partial charge < -0.3 is 5.32 Å². The van der Waals surface area contributed by atoms with E-state index in [-0.39, 0.29) is 10.9 Å². The second-order valence-corrected chi connectivity index (χ2v) is 9.03. The maximum atomic E-state index is 12.8. The van der Waals surface area contributed by atoms with E-state index in [2.05, 4.69) is 5.32 Å². The lowest BCUT2D eigenvalue weighted by molar-refractivity contribution is -0.121. The number of carbonyl (C=O) groups excluding carboxylic acids is 1. The van der Waals surface area contributed by atoms with Crippen LogP contribution in [0.15, 0.2) is 29.2 Å². The summed E-state index contributed by atoms with van der Waals surface area (Å²) in [5, 5.41) is 11.6. The van der Waals surface area contributed by atoms with Crippen LogP contribution >= 0.6 is 0 Å². The van der Waals surface area contributed by atoms with Crippen molar-refractivity contribution in [2.75, 3.05) is 12.4 Å². The van der Waals surface area contributed by atoms with Crippen LogP contribution in [0.4, 0.5) is 5.69 Å². The Morgan fingerprint density at radius 3 is 2.28 bits per heavy atom. The highest BCUT2D eigenvalue weighted by Crippen LogP contribution is 2.27. The topological polar surface area (TPSA) is 90.3 Å². The van der Waals surface area contributed by atoms with Gasteiger partial charge in [0.2, 0.25) is 15.9 Å². The van der Waals surface area contributed by atoms with Gasteiger partial charge in [-0.15, -0.1) is 0 Å². The maximum absolute atomic E-state index is 12.8. The summed E-state index contributed by atoms with van der Waals surface area (Å²) >= 11 is 0. The fourth-order valence-corrected chi connectivity index (χ4v) is 4.27. The molecule has 136 valence electrons. The van der Waals surface area contributed by atoms with Gasteiger partial charge in [-0.25, -0.2) is 8.42 Å². The summed E-state index contributed by atoms with van der Waals surface area (Å²) in [6.07, 6.45) is 5.08. The van der Waals surface area contributed by atoms with Crippen LogP contribution < -0.4 is 5.32 Å². The van der Waals surface area contributed by atoms with Crippen LogP contribution in [-0.4, -0.2) is 31.7 Å². The molecule has 0 radical (unpaired) electrons. The summed E-state index contributed by atoms with van der Waals surface area (Å²) in [6, 6.07) is 8.06. The lowest BCUT2D eigenvalue weighted by atomic mass is 9.95. The van der Waals surface area contributed by atoms with Crippen LogP contribution in [0.2, 0.25) is 0 Å². The quantitative estimate of drug-likeness (QED) is 0.870. The van der Waals surface area contributed by atoms with Crippen molar-refractivity contribution in [1.29, 1.82) is 5.26 Å². The van der Waals surface area contributed by atoms with E-state index in [1.54, 1.807) is 19.2 Å². The molecule has 1 aliphatic rings. The maximum Gasteiger partial charge on any atom is 0.244 e. The number of nitrogens with zero attached hydrogens (tertiary/aromatic N) is 2. The molecule has 0 bridgehead atoms. The Kier molecular flexibility index (Phi) is 5.86. The molecule has 1 saturated carbocycles. The number of nitrogens with one attached hydrogen (secondary N) is 1. The minimum absolute atomic E-state index is 0.0505. The monoisotopic (exact) mass is 363 g/mol. The van der Waals surface area contributed by atoms with Gasteiger partial charge in [-0.05, 0) is 51.0 Å². The molecule has 7 heteroatoms. The Bertz CT molecular complexity index is 758. The van der Waals surface area contributed by atoms with Crippen LogP contribution in [0.3, 0.4) is 0 Å². The van der Waals surface area contributed by atoms with Crippen LogP contribution in [0.1, 0.15) is 46.0 Å². The normalized spacial score (nSPS) is 16.4. The van der Waals surface area contributed by atoms with Gasteiger partial charge in [0.1, 0.15) is 5.41 Å². The first-order valence-corrected chi connectivity index (χ1v) is 9.93. The van der Waals surface area contributed by atoms with Crippen molar-refractivity contribution in [3.63, 3.8) is 0 Å². The van der Waals surface area contributed by atoms with E-state index in [4.69, 9.17) is 5.26 Å². The fraction of sp³-hybridized carbons (Fsp3) is 0.556. The zero-order chi connectivity index (χ0) is 18.7. The third kappa shape index (κ3) is 4.39. The van der Waals surface area contributed by atoms with Gasteiger partial charge in [0.15, 0.2) is 0 Å². The molecule has 2 rings (SSSR count). The summed E-state index contributed by atoms with van der Waals surface area (Å²) < 4.78 is 27.0. The van der Waals surface area contributed by atoms with Crippen molar-refractivity contribution in [2.45, 2.75) is 56.9 Å². The average Bonchev–Trinajstić information content (AvgIpc) is 2.62. The number of amides is 1. The molecule has 1 aromatic carbocycles. The lowest BCUT2D eigenvalue weighted by Gasteiger charge is -2.30. The number of hydrogen-bond acceptors (Lipinski definition) is 4. The van der Waals surface area contributed by atoms with Crippen molar-refractivity contribution < 1.29 is 13.2 Å². The highest BCUT2D eigenvalue weighted by molar-refractivity contribution is 7.89. The lowest BCUT2D eigenvalue weighted by Crippen LogP contribution is -2.38. The van der Waals surface area contributed by atoms with Crippen molar-refractivity contribution in [2.24, 2.45) is 5.41 Å². The van der Waals surface area contributed by atoms with E-state index in [1.807, 2.05) is 6.07 Å². The first kappa shape index (κ1) is 19.4. The van der Waals surface area contributed by atoms with E-state index in [9.17, 15) is 13.2 Å². The summed E-state index contributed by atoms with van der Waals surface area (Å²) in [5.74, 6) is -0.426. The molecular formula is C18H25N3O3S. The molecule has 0 aliphatic heterocycles. The van der Waals surface area contributed by atoms with Gasteiger partial charge in [-0.1, -0.05) is 19.3 Å². The molecule has 25 heavy (non-hydrogen) atoms. The summed E-state index contributed by atoms with van der Waals surface area (Å²) in [7, 11) is -1.91. The number of hydrogen-bond donors (Lipinski definition) is 1.